The van der Waals surface area contributed by atoms with Gasteiger partial charge in [0.05, 0.1) is 0 Å². The maximum absolute atomic E-state index is 12.4. The summed E-state index contributed by atoms with van der Waals surface area (Å²) >= 11 is 0. The number of rotatable bonds is 4. The second-order valence-electron chi connectivity index (χ2n) is 5.49. The minimum Gasteiger partial charge on any atom is -0.373 e. The number of nitrogens with zero attached hydrogens (tertiary/aromatic N) is 2. The van der Waals surface area contributed by atoms with Crippen LogP contribution < -0.4 is 10.0 Å². The van der Waals surface area contributed by atoms with Crippen LogP contribution in [0.25, 0.3) is 0 Å². The van der Waals surface area contributed by atoms with Crippen LogP contribution >= 0.6 is 0 Å². The van der Waals surface area contributed by atoms with Crippen LogP contribution in [0.4, 0.5) is 5.82 Å². The van der Waals surface area contributed by atoms with E-state index in [0.717, 1.165) is 32.5 Å². The fourth-order valence-corrected chi connectivity index (χ4v) is 4.29. The quantitative estimate of drug-likeness (QED) is 0.846. The third kappa shape index (κ3) is 2.65. The van der Waals surface area contributed by atoms with E-state index < -0.39 is 10.0 Å². The van der Waals surface area contributed by atoms with Gasteiger partial charge in [0.25, 0.3) is 0 Å². The molecule has 4 heterocycles. The van der Waals surface area contributed by atoms with Crippen LogP contribution in [0, 0.1) is 5.92 Å². The minimum absolute atomic E-state index is 0.0338. The molecule has 2 N–H and O–H groups in total. The van der Waals surface area contributed by atoms with Crippen molar-refractivity contribution in [3.63, 3.8) is 0 Å². The molecule has 3 aliphatic rings. The molecular formula is C13H20N4O2S. The number of sulfonamides is 1. The molecule has 0 saturated carbocycles. The highest BCUT2D eigenvalue weighted by molar-refractivity contribution is 7.89. The lowest BCUT2D eigenvalue weighted by Gasteiger charge is -2.44. The number of hydrogen-bond donors (Lipinski definition) is 2. The molecule has 3 saturated heterocycles. The lowest BCUT2D eigenvalue weighted by molar-refractivity contribution is 0.0827. The predicted molar refractivity (Wildman–Crippen MR) is 77.1 cm³/mol. The van der Waals surface area contributed by atoms with Gasteiger partial charge in [0.2, 0.25) is 10.0 Å². The van der Waals surface area contributed by atoms with Gasteiger partial charge in [0.1, 0.15) is 10.7 Å². The molecule has 0 radical (unpaired) electrons. The van der Waals surface area contributed by atoms with Gasteiger partial charge in [-0.05, 0) is 44.0 Å². The van der Waals surface area contributed by atoms with Gasteiger partial charge in [-0.2, -0.15) is 0 Å². The zero-order valence-electron chi connectivity index (χ0n) is 11.5. The van der Waals surface area contributed by atoms with E-state index in [1.807, 2.05) is 0 Å². The number of nitrogens with one attached hydrogen (secondary N) is 2. The molecule has 7 heteroatoms. The Balaban J connectivity index is 1.74. The molecule has 1 aromatic heterocycles. The fraction of sp³-hybridized carbons (Fsp3) is 0.615. The van der Waals surface area contributed by atoms with Crippen molar-refractivity contribution in [2.24, 2.45) is 5.92 Å². The third-order valence-corrected chi connectivity index (χ3v) is 5.74. The first-order valence-electron chi connectivity index (χ1n) is 6.97. The van der Waals surface area contributed by atoms with Crippen LogP contribution in [0.5, 0.6) is 0 Å². The summed E-state index contributed by atoms with van der Waals surface area (Å²) in [6, 6.07) is 3.29. The van der Waals surface area contributed by atoms with Crippen molar-refractivity contribution in [2.45, 2.75) is 23.8 Å². The molecule has 0 aliphatic carbocycles. The molecule has 4 rings (SSSR count). The van der Waals surface area contributed by atoms with E-state index in [2.05, 4.69) is 19.9 Å². The monoisotopic (exact) mass is 296 g/mol. The highest BCUT2D eigenvalue weighted by atomic mass is 32.2. The fourth-order valence-electron chi connectivity index (χ4n) is 3.05. The molecule has 110 valence electrons. The summed E-state index contributed by atoms with van der Waals surface area (Å²) < 4.78 is 27.6. The third-order valence-electron chi connectivity index (χ3n) is 4.27. The first-order valence-corrected chi connectivity index (χ1v) is 8.45. The number of hydrogen-bond acceptors (Lipinski definition) is 5. The van der Waals surface area contributed by atoms with E-state index >= 15 is 0 Å². The van der Waals surface area contributed by atoms with Crippen molar-refractivity contribution >= 4 is 15.8 Å². The minimum atomic E-state index is -3.47. The number of anilines is 1. The number of aromatic nitrogens is 1. The van der Waals surface area contributed by atoms with E-state index in [1.54, 1.807) is 19.2 Å². The highest BCUT2D eigenvalue weighted by Crippen LogP contribution is 2.28. The predicted octanol–water partition coefficient (Wildman–Crippen LogP) is 0.496. The molecule has 6 nitrogen and oxygen atoms in total. The van der Waals surface area contributed by atoms with E-state index in [4.69, 9.17) is 0 Å². The Kier molecular flexibility index (Phi) is 3.66. The Bertz CT molecular complexity index is 565. The smallest absolute Gasteiger partial charge is 0.242 e. The highest BCUT2D eigenvalue weighted by Gasteiger charge is 2.36. The van der Waals surface area contributed by atoms with Gasteiger partial charge in [-0.15, -0.1) is 0 Å². The van der Waals surface area contributed by atoms with Crippen LogP contribution in [0.15, 0.2) is 23.2 Å². The van der Waals surface area contributed by atoms with Gasteiger partial charge in [0, 0.05) is 25.8 Å². The standard InChI is InChI=1S/C13H20N4O2S/c1-14-13-3-2-11(8-15-13)20(18,19)16-12-9-17-6-4-10(12)5-7-17/h2-3,8,10,12,16H,4-7,9H2,1H3,(H,14,15). The second kappa shape index (κ2) is 5.31. The average molecular weight is 296 g/mol. The van der Waals surface area contributed by atoms with E-state index in [-0.39, 0.29) is 10.9 Å². The van der Waals surface area contributed by atoms with Crippen molar-refractivity contribution in [3.05, 3.63) is 18.3 Å². The molecule has 1 atom stereocenters. The Hall–Kier alpha value is -1.18. The van der Waals surface area contributed by atoms with Crippen molar-refractivity contribution in [1.82, 2.24) is 14.6 Å². The summed E-state index contributed by atoms with van der Waals surface area (Å²) in [7, 11) is -1.72. The summed E-state index contributed by atoms with van der Waals surface area (Å²) in [6.07, 6.45) is 3.57. The maximum atomic E-state index is 12.4. The van der Waals surface area contributed by atoms with Crippen LogP contribution in [0.3, 0.4) is 0 Å². The molecule has 3 fully saturated rings. The van der Waals surface area contributed by atoms with Gasteiger partial charge in [-0.1, -0.05) is 0 Å². The second-order valence-corrected chi connectivity index (χ2v) is 7.21. The first-order chi connectivity index (χ1) is 9.58. The van der Waals surface area contributed by atoms with Gasteiger partial charge in [-0.25, -0.2) is 18.1 Å². The zero-order valence-corrected chi connectivity index (χ0v) is 12.4. The SMILES string of the molecule is CNc1ccc(S(=O)(=O)NC2CN3CCC2CC3)cn1. The maximum Gasteiger partial charge on any atom is 0.242 e. The van der Waals surface area contributed by atoms with E-state index in [0.29, 0.717) is 11.7 Å². The number of piperidine rings is 3. The van der Waals surface area contributed by atoms with Crippen LogP contribution in [-0.2, 0) is 10.0 Å². The summed E-state index contributed by atoms with van der Waals surface area (Å²) in [5, 5.41) is 2.88. The van der Waals surface area contributed by atoms with Crippen LogP contribution in [0.2, 0.25) is 0 Å². The molecule has 0 spiro atoms. The molecule has 0 amide bonds. The summed E-state index contributed by atoms with van der Waals surface area (Å²) in [4.78, 5) is 6.62. The van der Waals surface area contributed by atoms with E-state index in [1.165, 1.54) is 6.20 Å². The van der Waals surface area contributed by atoms with Crippen LogP contribution in [0.1, 0.15) is 12.8 Å². The average Bonchev–Trinajstić information content (AvgIpc) is 2.48. The first kappa shape index (κ1) is 13.8. The van der Waals surface area contributed by atoms with Crippen molar-refractivity contribution in [1.29, 1.82) is 0 Å². The Morgan fingerprint density at radius 1 is 1.30 bits per heavy atom. The van der Waals surface area contributed by atoms with Gasteiger partial charge in [-0.3, -0.25) is 0 Å². The van der Waals surface area contributed by atoms with Gasteiger partial charge < -0.3 is 10.2 Å². The van der Waals surface area contributed by atoms with Gasteiger partial charge >= 0.3 is 0 Å². The molecule has 20 heavy (non-hydrogen) atoms. The van der Waals surface area contributed by atoms with Crippen molar-refractivity contribution in [2.75, 3.05) is 32.0 Å². The topological polar surface area (TPSA) is 74.3 Å². The van der Waals surface area contributed by atoms with Crippen molar-refractivity contribution < 1.29 is 8.42 Å². The molecular weight excluding hydrogens is 276 g/mol. The van der Waals surface area contributed by atoms with Crippen molar-refractivity contribution in [3.8, 4) is 0 Å². The van der Waals surface area contributed by atoms with E-state index in [9.17, 15) is 8.42 Å². The zero-order chi connectivity index (χ0) is 14.2. The number of pyridine rings is 1. The Morgan fingerprint density at radius 3 is 2.55 bits per heavy atom. The lowest BCUT2D eigenvalue weighted by Crippen LogP contribution is -2.57. The summed E-state index contributed by atoms with van der Waals surface area (Å²) in [5.74, 6) is 1.13. The molecule has 1 unspecified atom stereocenters. The molecule has 3 aliphatic heterocycles. The lowest BCUT2D eigenvalue weighted by atomic mass is 9.85. The number of fused-ring (bicyclic) bond motifs is 3. The summed E-state index contributed by atoms with van der Waals surface area (Å²) in [6.45, 7) is 3.02. The molecule has 2 bridgehead atoms. The molecule has 0 aromatic carbocycles. The Morgan fingerprint density at radius 2 is 2.05 bits per heavy atom. The van der Waals surface area contributed by atoms with Gasteiger partial charge in [0.15, 0.2) is 0 Å². The molecule has 1 aromatic rings. The van der Waals surface area contributed by atoms with Crippen LogP contribution in [-0.4, -0.2) is 51.0 Å². The normalized spacial score (nSPS) is 29.4. The largest absolute Gasteiger partial charge is 0.373 e. The Labute approximate surface area is 119 Å². The summed E-state index contributed by atoms with van der Waals surface area (Å²) in [5.41, 5.74) is 0.